The molecule has 0 bridgehead atoms. The Morgan fingerprint density at radius 1 is 1.25 bits per heavy atom. The summed E-state index contributed by atoms with van der Waals surface area (Å²) in [5.41, 5.74) is 6.79. The van der Waals surface area contributed by atoms with Gasteiger partial charge in [-0.3, -0.25) is 14.7 Å². The molecule has 0 radical (unpaired) electrons. The van der Waals surface area contributed by atoms with E-state index < -0.39 is 0 Å². The SMILES string of the molecule is Cn1c(CN2CCC(C(=O)NCc3ccccn3)CC2)nnc1C1CC(N)C1. The van der Waals surface area contributed by atoms with Crippen molar-refractivity contribution in [2.45, 2.75) is 50.7 Å². The molecule has 8 nitrogen and oxygen atoms in total. The maximum absolute atomic E-state index is 12.4. The molecule has 150 valence electrons. The minimum atomic E-state index is 0.0754. The molecule has 4 rings (SSSR count). The van der Waals surface area contributed by atoms with Crippen LogP contribution in [-0.4, -0.2) is 49.7 Å². The van der Waals surface area contributed by atoms with E-state index in [4.69, 9.17) is 5.73 Å². The third-order valence-corrected chi connectivity index (χ3v) is 6.03. The third-order valence-electron chi connectivity index (χ3n) is 6.03. The van der Waals surface area contributed by atoms with Crippen LogP contribution in [0.3, 0.4) is 0 Å². The molecule has 2 aromatic rings. The fourth-order valence-corrected chi connectivity index (χ4v) is 4.12. The molecule has 1 amide bonds. The van der Waals surface area contributed by atoms with Crippen molar-refractivity contribution in [3.8, 4) is 0 Å². The van der Waals surface area contributed by atoms with Crippen molar-refractivity contribution in [2.24, 2.45) is 18.7 Å². The van der Waals surface area contributed by atoms with Crippen molar-refractivity contribution in [1.29, 1.82) is 0 Å². The molecule has 3 heterocycles. The van der Waals surface area contributed by atoms with Gasteiger partial charge in [-0.05, 0) is 50.9 Å². The van der Waals surface area contributed by atoms with Crippen LogP contribution in [0.5, 0.6) is 0 Å². The van der Waals surface area contributed by atoms with E-state index in [0.717, 1.165) is 62.7 Å². The molecule has 0 spiro atoms. The first-order chi connectivity index (χ1) is 13.6. The van der Waals surface area contributed by atoms with Crippen LogP contribution in [-0.2, 0) is 24.9 Å². The number of piperidine rings is 1. The van der Waals surface area contributed by atoms with Gasteiger partial charge >= 0.3 is 0 Å². The highest BCUT2D eigenvalue weighted by Crippen LogP contribution is 2.34. The van der Waals surface area contributed by atoms with Crippen LogP contribution in [0.25, 0.3) is 0 Å². The summed E-state index contributed by atoms with van der Waals surface area (Å²) in [6.45, 7) is 3.08. The number of rotatable bonds is 6. The number of pyridine rings is 1. The molecule has 0 unspecified atom stereocenters. The third kappa shape index (κ3) is 4.23. The number of amides is 1. The van der Waals surface area contributed by atoms with Gasteiger partial charge in [0.1, 0.15) is 11.6 Å². The Labute approximate surface area is 165 Å². The monoisotopic (exact) mass is 383 g/mol. The fraction of sp³-hybridized carbons (Fsp3) is 0.600. The second-order valence-corrected chi connectivity index (χ2v) is 8.05. The van der Waals surface area contributed by atoms with E-state index in [2.05, 4.69) is 30.0 Å². The van der Waals surface area contributed by atoms with Crippen molar-refractivity contribution in [2.75, 3.05) is 13.1 Å². The molecule has 0 aromatic carbocycles. The largest absolute Gasteiger partial charge is 0.350 e. The zero-order valence-corrected chi connectivity index (χ0v) is 16.4. The number of carbonyl (C=O) groups is 1. The number of nitrogens with one attached hydrogen (secondary N) is 1. The minimum absolute atomic E-state index is 0.0754. The Balaban J connectivity index is 1.24. The quantitative estimate of drug-likeness (QED) is 0.770. The van der Waals surface area contributed by atoms with Crippen molar-refractivity contribution >= 4 is 5.91 Å². The topological polar surface area (TPSA) is 102 Å². The molecule has 2 aliphatic rings. The number of likely N-dealkylation sites (tertiary alicyclic amines) is 1. The standard InChI is InChI=1S/C20H29N7O/c1-26-18(24-25-19(26)15-10-16(21)11-15)13-27-8-5-14(6-9-27)20(28)23-12-17-4-2-3-7-22-17/h2-4,7,14-16H,5-6,8-13,21H2,1H3,(H,23,28). The molecule has 1 aliphatic heterocycles. The lowest BCUT2D eigenvalue weighted by molar-refractivity contribution is -0.126. The van der Waals surface area contributed by atoms with Gasteiger partial charge in [0, 0.05) is 31.1 Å². The van der Waals surface area contributed by atoms with Crippen molar-refractivity contribution in [3.63, 3.8) is 0 Å². The molecule has 0 atom stereocenters. The number of nitrogens with two attached hydrogens (primary N) is 1. The van der Waals surface area contributed by atoms with E-state index in [9.17, 15) is 4.79 Å². The van der Waals surface area contributed by atoms with E-state index in [-0.39, 0.29) is 11.8 Å². The number of aromatic nitrogens is 4. The number of nitrogens with zero attached hydrogens (tertiary/aromatic N) is 5. The average Bonchev–Trinajstić information content (AvgIpc) is 3.05. The van der Waals surface area contributed by atoms with Crippen LogP contribution >= 0.6 is 0 Å². The molecule has 28 heavy (non-hydrogen) atoms. The molecular weight excluding hydrogens is 354 g/mol. The summed E-state index contributed by atoms with van der Waals surface area (Å²) in [5.74, 6) is 2.71. The van der Waals surface area contributed by atoms with Gasteiger partial charge in [0.25, 0.3) is 0 Å². The lowest BCUT2D eigenvalue weighted by Gasteiger charge is -2.32. The van der Waals surface area contributed by atoms with Crippen LogP contribution in [0.1, 0.15) is 48.9 Å². The van der Waals surface area contributed by atoms with Crippen molar-refractivity contribution in [3.05, 3.63) is 41.7 Å². The highest BCUT2D eigenvalue weighted by Gasteiger charge is 2.32. The van der Waals surface area contributed by atoms with Crippen LogP contribution in [0.15, 0.2) is 24.4 Å². The zero-order chi connectivity index (χ0) is 19.5. The maximum atomic E-state index is 12.4. The Morgan fingerprint density at radius 2 is 2.04 bits per heavy atom. The van der Waals surface area contributed by atoms with E-state index >= 15 is 0 Å². The molecule has 1 saturated heterocycles. The fourth-order valence-electron chi connectivity index (χ4n) is 4.12. The predicted octanol–water partition coefficient (Wildman–Crippen LogP) is 0.943. The van der Waals surface area contributed by atoms with Gasteiger partial charge in [-0.2, -0.15) is 0 Å². The average molecular weight is 384 g/mol. The van der Waals surface area contributed by atoms with Gasteiger partial charge in [0.2, 0.25) is 5.91 Å². The van der Waals surface area contributed by atoms with Gasteiger partial charge in [0.15, 0.2) is 0 Å². The summed E-state index contributed by atoms with van der Waals surface area (Å²) in [5, 5.41) is 11.8. The van der Waals surface area contributed by atoms with Crippen LogP contribution in [0, 0.1) is 5.92 Å². The van der Waals surface area contributed by atoms with Gasteiger partial charge in [0.05, 0.1) is 18.8 Å². The van der Waals surface area contributed by atoms with Gasteiger partial charge < -0.3 is 15.6 Å². The number of carbonyl (C=O) groups excluding carboxylic acids is 1. The maximum Gasteiger partial charge on any atom is 0.223 e. The normalized spacial score (nSPS) is 23.4. The molecule has 8 heteroatoms. The summed E-state index contributed by atoms with van der Waals surface area (Å²) in [6.07, 6.45) is 5.50. The first-order valence-electron chi connectivity index (χ1n) is 10.1. The molecule has 3 N–H and O–H groups in total. The summed E-state index contributed by atoms with van der Waals surface area (Å²) >= 11 is 0. The van der Waals surface area contributed by atoms with Crippen LogP contribution in [0.2, 0.25) is 0 Å². The van der Waals surface area contributed by atoms with Gasteiger partial charge in [-0.25, -0.2) is 0 Å². The summed E-state index contributed by atoms with van der Waals surface area (Å²) in [6, 6.07) is 6.05. The minimum Gasteiger partial charge on any atom is -0.350 e. The smallest absolute Gasteiger partial charge is 0.223 e. The van der Waals surface area contributed by atoms with E-state index in [1.807, 2.05) is 25.2 Å². The van der Waals surface area contributed by atoms with E-state index in [0.29, 0.717) is 18.5 Å². The first-order valence-corrected chi connectivity index (χ1v) is 10.1. The Kier molecular flexibility index (Phi) is 5.68. The predicted molar refractivity (Wildman–Crippen MR) is 105 cm³/mol. The summed E-state index contributed by atoms with van der Waals surface area (Å²) in [4.78, 5) is 19.1. The Morgan fingerprint density at radius 3 is 2.71 bits per heavy atom. The van der Waals surface area contributed by atoms with Crippen molar-refractivity contribution < 1.29 is 4.79 Å². The molecular formula is C20H29N7O. The molecule has 1 aliphatic carbocycles. The Hall–Kier alpha value is -2.32. The highest BCUT2D eigenvalue weighted by molar-refractivity contribution is 5.78. The zero-order valence-electron chi connectivity index (χ0n) is 16.4. The summed E-state index contributed by atoms with van der Waals surface area (Å²) < 4.78 is 2.13. The summed E-state index contributed by atoms with van der Waals surface area (Å²) in [7, 11) is 2.05. The highest BCUT2D eigenvalue weighted by atomic mass is 16.1. The Bertz CT molecular complexity index is 792. The van der Waals surface area contributed by atoms with Crippen LogP contribution in [0.4, 0.5) is 0 Å². The number of hydrogen-bond acceptors (Lipinski definition) is 6. The van der Waals surface area contributed by atoms with E-state index in [1.54, 1.807) is 6.20 Å². The lowest BCUT2D eigenvalue weighted by atomic mass is 9.80. The van der Waals surface area contributed by atoms with E-state index in [1.165, 1.54) is 0 Å². The number of hydrogen-bond donors (Lipinski definition) is 2. The lowest BCUT2D eigenvalue weighted by Crippen LogP contribution is -2.40. The second kappa shape index (κ2) is 8.36. The molecule has 2 aromatic heterocycles. The first kappa shape index (κ1) is 19.0. The molecule has 1 saturated carbocycles. The second-order valence-electron chi connectivity index (χ2n) is 8.05. The van der Waals surface area contributed by atoms with Crippen LogP contribution < -0.4 is 11.1 Å². The molecule has 2 fully saturated rings. The van der Waals surface area contributed by atoms with Crippen molar-refractivity contribution in [1.82, 2.24) is 30.0 Å². The van der Waals surface area contributed by atoms with Gasteiger partial charge in [-0.1, -0.05) is 6.07 Å². The van der Waals surface area contributed by atoms with Gasteiger partial charge in [-0.15, -0.1) is 10.2 Å².